The number of carbonyl (C=O) groups excluding carboxylic acids is 1. The Kier molecular flexibility index (Phi) is 2.59. The lowest BCUT2D eigenvalue weighted by Crippen LogP contribution is -2.26. The van der Waals surface area contributed by atoms with Crippen LogP contribution in [0.1, 0.15) is 30.1 Å². The fourth-order valence-corrected chi connectivity index (χ4v) is 1.95. The van der Waals surface area contributed by atoms with Gasteiger partial charge in [-0.2, -0.15) is 0 Å². The van der Waals surface area contributed by atoms with Crippen molar-refractivity contribution in [1.29, 1.82) is 0 Å². The van der Waals surface area contributed by atoms with E-state index in [-0.39, 0.29) is 11.9 Å². The number of ketones is 1. The van der Waals surface area contributed by atoms with Gasteiger partial charge < -0.3 is 4.74 Å². The number of hydrogen-bond acceptors (Lipinski definition) is 2. The van der Waals surface area contributed by atoms with E-state index >= 15 is 0 Å². The highest BCUT2D eigenvalue weighted by Gasteiger charge is 2.24. The minimum absolute atomic E-state index is 0.0520. The smallest absolute Gasteiger partial charge is 0.170 e. The van der Waals surface area contributed by atoms with Gasteiger partial charge in [-0.3, -0.25) is 4.79 Å². The first-order valence-corrected chi connectivity index (χ1v) is 5.49. The summed E-state index contributed by atoms with van der Waals surface area (Å²) in [6.45, 7) is 2.03. The molecule has 1 heterocycles. The SMILES string of the molecule is CC[C@H]1CC(=O)c2cc(Br)ccc2O1. The highest BCUT2D eigenvalue weighted by molar-refractivity contribution is 9.10. The van der Waals surface area contributed by atoms with Crippen molar-refractivity contribution in [3.63, 3.8) is 0 Å². The summed E-state index contributed by atoms with van der Waals surface area (Å²) in [5, 5.41) is 0. The van der Waals surface area contributed by atoms with Gasteiger partial charge in [-0.15, -0.1) is 0 Å². The third-order valence-electron chi connectivity index (χ3n) is 2.40. The minimum atomic E-state index is 0.0520. The van der Waals surface area contributed by atoms with Crippen LogP contribution < -0.4 is 4.74 Å². The van der Waals surface area contributed by atoms with Gasteiger partial charge in [0.15, 0.2) is 5.78 Å². The van der Waals surface area contributed by atoms with Crippen molar-refractivity contribution in [3.8, 4) is 5.75 Å². The van der Waals surface area contributed by atoms with Crippen molar-refractivity contribution in [2.75, 3.05) is 0 Å². The van der Waals surface area contributed by atoms with E-state index in [1.165, 1.54) is 0 Å². The average molecular weight is 255 g/mol. The molecular formula is C11H11BrO2. The molecule has 0 aromatic heterocycles. The van der Waals surface area contributed by atoms with E-state index in [2.05, 4.69) is 15.9 Å². The lowest BCUT2D eigenvalue weighted by molar-refractivity contribution is 0.0845. The Morgan fingerprint density at radius 3 is 3.07 bits per heavy atom. The van der Waals surface area contributed by atoms with E-state index in [4.69, 9.17) is 4.74 Å². The monoisotopic (exact) mass is 254 g/mol. The van der Waals surface area contributed by atoms with E-state index in [1.807, 2.05) is 25.1 Å². The van der Waals surface area contributed by atoms with Crippen LogP contribution in [-0.2, 0) is 0 Å². The molecule has 2 rings (SSSR count). The number of rotatable bonds is 1. The predicted octanol–water partition coefficient (Wildman–Crippen LogP) is 3.19. The Labute approximate surface area is 91.4 Å². The van der Waals surface area contributed by atoms with Crippen LogP contribution in [0.2, 0.25) is 0 Å². The largest absolute Gasteiger partial charge is 0.489 e. The van der Waals surface area contributed by atoms with Crippen molar-refractivity contribution >= 4 is 21.7 Å². The van der Waals surface area contributed by atoms with Crippen molar-refractivity contribution in [2.45, 2.75) is 25.9 Å². The number of ether oxygens (including phenoxy) is 1. The van der Waals surface area contributed by atoms with Gasteiger partial charge in [-0.25, -0.2) is 0 Å². The minimum Gasteiger partial charge on any atom is -0.489 e. The molecule has 0 unspecified atom stereocenters. The third-order valence-corrected chi connectivity index (χ3v) is 2.90. The van der Waals surface area contributed by atoms with E-state index in [9.17, 15) is 4.79 Å². The first kappa shape index (κ1) is 9.71. The Hall–Kier alpha value is -0.830. The quantitative estimate of drug-likeness (QED) is 0.770. The van der Waals surface area contributed by atoms with Crippen LogP contribution in [0.4, 0.5) is 0 Å². The number of Topliss-reactive ketones (excluding diaryl/α,β-unsaturated/α-hetero) is 1. The molecule has 74 valence electrons. The van der Waals surface area contributed by atoms with Crippen LogP contribution >= 0.6 is 15.9 Å². The maximum atomic E-state index is 11.7. The average Bonchev–Trinajstić information content (AvgIpc) is 2.19. The molecule has 0 aliphatic carbocycles. The standard InChI is InChI=1S/C11H11BrO2/c1-2-8-6-10(13)9-5-7(12)3-4-11(9)14-8/h3-5,8H,2,6H2,1H3/t8-/m0/s1. The molecule has 1 aromatic rings. The molecule has 3 heteroatoms. The molecule has 1 atom stereocenters. The summed E-state index contributed by atoms with van der Waals surface area (Å²) in [5.74, 6) is 0.899. The first-order valence-electron chi connectivity index (χ1n) is 4.70. The molecule has 0 bridgehead atoms. The van der Waals surface area contributed by atoms with Crippen molar-refractivity contribution in [1.82, 2.24) is 0 Å². The van der Waals surface area contributed by atoms with Crippen molar-refractivity contribution < 1.29 is 9.53 Å². The van der Waals surface area contributed by atoms with Crippen LogP contribution in [0.3, 0.4) is 0 Å². The van der Waals surface area contributed by atoms with Gasteiger partial charge in [0, 0.05) is 10.9 Å². The normalized spacial score (nSPS) is 20.1. The summed E-state index contributed by atoms with van der Waals surface area (Å²) in [5.41, 5.74) is 0.698. The van der Waals surface area contributed by atoms with Crippen molar-refractivity contribution in [2.24, 2.45) is 0 Å². The molecule has 0 fully saturated rings. The number of carbonyl (C=O) groups is 1. The fraction of sp³-hybridized carbons (Fsp3) is 0.364. The van der Waals surface area contributed by atoms with Gasteiger partial charge in [0.1, 0.15) is 11.9 Å². The van der Waals surface area contributed by atoms with Gasteiger partial charge in [-0.1, -0.05) is 22.9 Å². The Morgan fingerprint density at radius 1 is 1.57 bits per heavy atom. The summed E-state index contributed by atoms with van der Waals surface area (Å²) < 4.78 is 6.58. The second-order valence-electron chi connectivity index (χ2n) is 3.42. The molecule has 14 heavy (non-hydrogen) atoms. The number of hydrogen-bond donors (Lipinski definition) is 0. The van der Waals surface area contributed by atoms with Crippen LogP contribution in [0, 0.1) is 0 Å². The van der Waals surface area contributed by atoms with E-state index in [0.717, 1.165) is 16.6 Å². The van der Waals surface area contributed by atoms with Crippen LogP contribution in [-0.4, -0.2) is 11.9 Å². The Balaban J connectivity index is 2.40. The summed E-state index contributed by atoms with van der Waals surface area (Å²) >= 11 is 3.34. The molecule has 0 N–H and O–H groups in total. The Morgan fingerprint density at radius 2 is 2.36 bits per heavy atom. The van der Waals surface area contributed by atoms with E-state index < -0.39 is 0 Å². The predicted molar refractivity (Wildman–Crippen MR) is 57.8 cm³/mol. The summed E-state index contributed by atoms with van der Waals surface area (Å²) in [6.07, 6.45) is 1.43. The van der Waals surface area contributed by atoms with Gasteiger partial charge in [0.25, 0.3) is 0 Å². The molecular weight excluding hydrogens is 244 g/mol. The number of benzene rings is 1. The summed E-state index contributed by atoms with van der Waals surface area (Å²) in [4.78, 5) is 11.7. The van der Waals surface area contributed by atoms with Crippen LogP contribution in [0.15, 0.2) is 22.7 Å². The molecule has 0 saturated heterocycles. The fourth-order valence-electron chi connectivity index (χ4n) is 1.59. The second kappa shape index (κ2) is 3.73. The van der Waals surface area contributed by atoms with E-state index in [0.29, 0.717) is 12.0 Å². The summed E-state index contributed by atoms with van der Waals surface area (Å²) in [7, 11) is 0. The van der Waals surface area contributed by atoms with Gasteiger partial charge >= 0.3 is 0 Å². The maximum Gasteiger partial charge on any atom is 0.170 e. The zero-order valence-electron chi connectivity index (χ0n) is 7.92. The molecule has 1 aromatic carbocycles. The third kappa shape index (κ3) is 1.69. The van der Waals surface area contributed by atoms with Crippen LogP contribution in [0.5, 0.6) is 5.75 Å². The highest BCUT2D eigenvalue weighted by Crippen LogP contribution is 2.30. The van der Waals surface area contributed by atoms with Gasteiger partial charge in [-0.05, 0) is 24.6 Å². The first-order chi connectivity index (χ1) is 6.70. The topological polar surface area (TPSA) is 26.3 Å². The van der Waals surface area contributed by atoms with E-state index in [1.54, 1.807) is 0 Å². The number of halogens is 1. The Bertz CT molecular complexity index is 374. The van der Waals surface area contributed by atoms with Crippen LogP contribution in [0.25, 0.3) is 0 Å². The zero-order chi connectivity index (χ0) is 10.1. The highest BCUT2D eigenvalue weighted by atomic mass is 79.9. The molecule has 2 nitrogen and oxygen atoms in total. The second-order valence-corrected chi connectivity index (χ2v) is 4.33. The molecule has 1 aliphatic heterocycles. The molecule has 1 aliphatic rings. The number of fused-ring (bicyclic) bond motifs is 1. The molecule has 0 saturated carbocycles. The molecule has 0 amide bonds. The molecule has 0 radical (unpaired) electrons. The van der Waals surface area contributed by atoms with Crippen molar-refractivity contribution in [3.05, 3.63) is 28.2 Å². The van der Waals surface area contributed by atoms with Gasteiger partial charge in [0.2, 0.25) is 0 Å². The molecule has 0 spiro atoms. The maximum absolute atomic E-state index is 11.7. The van der Waals surface area contributed by atoms with Gasteiger partial charge in [0.05, 0.1) is 5.56 Å². The zero-order valence-corrected chi connectivity index (χ0v) is 9.50. The lowest BCUT2D eigenvalue weighted by atomic mass is 10.00. The summed E-state index contributed by atoms with van der Waals surface area (Å²) in [6, 6.07) is 5.56. The lowest BCUT2D eigenvalue weighted by Gasteiger charge is -2.24.